The van der Waals surface area contributed by atoms with Gasteiger partial charge in [0.2, 0.25) is 6.86 Å². The highest BCUT2D eigenvalue weighted by Crippen LogP contribution is 2.28. The van der Waals surface area contributed by atoms with Crippen molar-refractivity contribution in [2.75, 3.05) is 12.6 Å². The number of anilines is 1. The number of aromatic nitrogens is 2. The first-order valence-corrected chi connectivity index (χ1v) is 8.24. The summed E-state index contributed by atoms with van der Waals surface area (Å²) in [5.74, 6) is -3.05. The average molecular weight is 404 g/mol. The smallest absolute Gasteiger partial charge is 0.270 e. The van der Waals surface area contributed by atoms with Crippen LogP contribution < -0.4 is 15.8 Å². The first kappa shape index (κ1) is 19.9. The van der Waals surface area contributed by atoms with Crippen molar-refractivity contribution in [2.45, 2.75) is 6.04 Å². The number of nitrogens with two attached hydrogens (primary N) is 1. The molecule has 1 aromatic carbocycles. The molecule has 1 atom stereocenters. The van der Waals surface area contributed by atoms with Crippen LogP contribution in [0.2, 0.25) is 0 Å². The van der Waals surface area contributed by atoms with Gasteiger partial charge in [0.05, 0.1) is 17.9 Å². The number of halogens is 3. The number of alkyl halides is 1. The third-order valence-electron chi connectivity index (χ3n) is 3.98. The monoisotopic (exact) mass is 404 g/mol. The van der Waals surface area contributed by atoms with Gasteiger partial charge < -0.3 is 20.9 Å². The molecule has 10 heteroatoms. The summed E-state index contributed by atoms with van der Waals surface area (Å²) in [6.07, 6.45) is 2.30. The molecule has 0 saturated carbocycles. The lowest BCUT2D eigenvalue weighted by molar-refractivity contribution is 0.0936. The number of hydrogen-bond donors (Lipinski definition) is 3. The lowest BCUT2D eigenvalue weighted by Gasteiger charge is -2.20. The maximum atomic E-state index is 14.3. The number of ether oxygens (including phenoxy) is 1. The first-order valence-electron chi connectivity index (χ1n) is 8.24. The Balaban J connectivity index is 2.00. The normalized spacial score (nSPS) is 11.7. The minimum absolute atomic E-state index is 0.0792. The van der Waals surface area contributed by atoms with Crippen LogP contribution in [-0.4, -0.2) is 27.8 Å². The zero-order valence-corrected chi connectivity index (χ0v) is 14.8. The van der Waals surface area contributed by atoms with Crippen molar-refractivity contribution in [1.82, 2.24) is 15.3 Å². The van der Waals surface area contributed by atoms with Gasteiger partial charge in [0.1, 0.15) is 17.2 Å². The number of carbonyl (C=O) groups excluding carboxylic acids is 1. The zero-order valence-electron chi connectivity index (χ0n) is 14.8. The molecule has 2 aromatic heterocycles. The highest BCUT2D eigenvalue weighted by molar-refractivity contribution is 5.93. The van der Waals surface area contributed by atoms with Gasteiger partial charge in [-0.3, -0.25) is 9.78 Å². The van der Waals surface area contributed by atoms with E-state index in [4.69, 9.17) is 5.73 Å². The van der Waals surface area contributed by atoms with Crippen LogP contribution in [0.4, 0.5) is 18.9 Å². The summed E-state index contributed by atoms with van der Waals surface area (Å²) < 4.78 is 45.4. The molecule has 0 saturated heterocycles. The maximum Gasteiger partial charge on any atom is 0.270 e. The Kier molecular flexibility index (Phi) is 5.82. The van der Waals surface area contributed by atoms with E-state index in [0.717, 1.165) is 30.5 Å². The summed E-state index contributed by atoms with van der Waals surface area (Å²) in [6, 6.07) is 5.90. The summed E-state index contributed by atoms with van der Waals surface area (Å²) in [6.45, 7) is -1.22. The van der Waals surface area contributed by atoms with Crippen LogP contribution in [0.15, 0.2) is 48.8 Å². The van der Waals surface area contributed by atoms with Crippen LogP contribution >= 0.6 is 0 Å². The number of carbonyl (C=O) groups is 1. The fraction of sp³-hybridized carbons (Fsp3) is 0.105. The number of rotatable bonds is 6. The molecule has 0 fully saturated rings. The van der Waals surface area contributed by atoms with Crippen molar-refractivity contribution in [3.8, 4) is 11.5 Å². The summed E-state index contributed by atoms with van der Waals surface area (Å²) >= 11 is 0. The third kappa shape index (κ3) is 4.37. The van der Waals surface area contributed by atoms with Crippen LogP contribution in [-0.2, 0) is 0 Å². The molecule has 4 N–H and O–H groups in total. The van der Waals surface area contributed by atoms with Gasteiger partial charge in [0.15, 0.2) is 17.3 Å². The molecule has 7 nitrogen and oxygen atoms in total. The van der Waals surface area contributed by atoms with Gasteiger partial charge >= 0.3 is 0 Å². The fourth-order valence-electron chi connectivity index (χ4n) is 2.59. The second-order valence-electron chi connectivity index (χ2n) is 5.85. The second kappa shape index (κ2) is 8.46. The van der Waals surface area contributed by atoms with E-state index in [9.17, 15) is 23.1 Å². The molecule has 29 heavy (non-hydrogen) atoms. The molecule has 0 unspecified atom stereocenters. The Morgan fingerprint density at radius 3 is 2.66 bits per heavy atom. The van der Waals surface area contributed by atoms with Gasteiger partial charge in [-0.05, 0) is 35.9 Å². The molecule has 2 heterocycles. The van der Waals surface area contributed by atoms with E-state index in [1.165, 1.54) is 18.3 Å². The lowest BCUT2D eigenvalue weighted by atomic mass is 10.0. The van der Waals surface area contributed by atoms with Crippen molar-refractivity contribution < 1.29 is 27.8 Å². The molecule has 3 aromatic rings. The molecule has 0 aliphatic carbocycles. The highest BCUT2D eigenvalue weighted by atomic mass is 19.1. The van der Waals surface area contributed by atoms with Gasteiger partial charge in [-0.1, -0.05) is 6.07 Å². The number of nitrogens with zero attached hydrogens (tertiary/aromatic N) is 2. The number of hydrogen-bond acceptors (Lipinski definition) is 6. The van der Waals surface area contributed by atoms with E-state index in [-0.39, 0.29) is 34.1 Å². The molecule has 0 aliphatic heterocycles. The number of nitrogens with one attached hydrogen (secondary N) is 1. The van der Waals surface area contributed by atoms with Crippen LogP contribution in [0.3, 0.4) is 0 Å². The molecule has 1 amide bonds. The molecule has 0 spiro atoms. The Morgan fingerprint density at radius 2 is 2.00 bits per heavy atom. The van der Waals surface area contributed by atoms with Gasteiger partial charge in [0, 0.05) is 6.20 Å². The van der Waals surface area contributed by atoms with Crippen LogP contribution in [0.5, 0.6) is 11.5 Å². The fourth-order valence-corrected chi connectivity index (χ4v) is 2.59. The van der Waals surface area contributed by atoms with Crippen LogP contribution in [0, 0.1) is 11.6 Å². The Labute approximate surface area is 163 Å². The summed E-state index contributed by atoms with van der Waals surface area (Å²) in [7, 11) is 0. The number of aromatic hydroxyl groups is 1. The van der Waals surface area contributed by atoms with Crippen molar-refractivity contribution in [1.29, 1.82) is 0 Å². The maximum absolute atomic E-state index is 14.3. The second-order valence-corrected chi connectivity index (χ2v) is 5.85. The van der Waals surface area contributed by atoms with Crippen molar-refractivity contribution in [2.24, 2.45) is 0 Å². The van der Waals surface area contributed by atoms with E-state index in [1.54, 1.807) is 0 Å². The van der Waals surface area contributed by atoms with Crippen molar-refractivity contribution >= 4 is 11.6 Å². The van der Waals surface area contributed by atoms with Crippen molar-refractivity contribution in [3.05, 3.63) is 77.4 Å². The molecular weight excluding hydrogens is 389 g/mol. The minimum Gasteiger partial charge on any atom is -0.504 e. The number of benzene rings is 1. The van der Waals surface area contributed by atoms with Gasteiger partial charge in [-0.25, -0.2) is 18.2 Å². The molecule has 150 valence electrons. The number of pyridine rings is 2. The van der Waals surface area contributed by atoms with Crippen LogP contribution in [0.25, 0.3) is 0 Å². The lowest BCUT2D eigenvalue weighted by Crippen LogP contribution is -2.31. The van der Waals surface area contributed by atoms with E-state index in [2.05, 4.69) is 20.0 Å². The standard InChI is InChI=1S/C19H15F3N4O3/c20-9-29-16-4-3-10(6-12(16)22)17(18-11(21)2-1-5-24-18)26-19(28)14-7-13(23)15(27)8-25-14/h1-8,17,27H,9H2,(H2,23,25)(H,26,28)/t17-/m0/s1. The first-order chi connectivity index (χ1) is 13.9. The predicted octanol–water partition coefficient (Wildman–Crippen LogP) is 2.87. The summed E-state index contributed by atoms with van der Waals surface area (Å²) in [4.78, 5) is 20.3. The van der Waals surface area contributed by atoms with E-state index < -0.39 is 30.4 Å². The van der Waals surface area contributed by atoms with Crippen LogP contribution in [0.1, 0.15) is 27.8 Å². The summed E-state index contributed by atoms with van der Waals surface area (Å²) in [5.41, 5.74) is 5.29. The average Bonchev–Trinajstić information content (AvgIpc) is 2.70. The number of amides is 1. The molecular formula is C19H15F3N4O3. The van der Waals surface area contributed by atoms with Gasteiger partial charge in [0.25, 0.3) is 5.91 Å². The quantitative estimate of drug-likeness (QED) is 0.583. The largest absolute Gasteiger partial charge is 0.504 e. The Morgan fingerprint density at radius 1 is 1.21 bits per heavy atom. The SMILES string of the molecule is Nc1cc(C(=O)N[C@@H](c2ccc(OCF)c(F)c2)c2ncccc2F)ncc1O. The Hall–Kier alpha value is -3.82. The highest BCUT2D eigenvalue weighted by Gasteiger charge is 2.24. The van der Waals surface area contributed by atoms with Gasteiger partial charge in [-0.15, -0.1) is 0 Å². The van der Waals surface area contributed by atoms with Crippen molar-refractivity contribution in [3.63, 3.8) is 0 Å². The van der Waals surface area contributed by atoms with E-state index in [1.807, 2.05) is 0 Å². The topological polar surface area (TPSA) is 110 Å². The van der Waals surface area contributed by atoms with E-state index >= 15 is 0 Å². The molecule has 0 bridgehead atoms. The predicted molar refractivity (Wildman–Crippen MR) is 96.8 cm³/mol. The minimum atomic E-state index is -1.22. The molecule has 0 radical (unpaired) electrons. The molecule has 3 rings (SSSR count). The number of nitrogen functional groups attached to an aromatic ring is 1. The Bertz CT molecular complexity index is 1050. The summed E-state index contributed by atoms with van der Waals surface area (Å²) in [5, 5.41) is 12.0. The van der Waals surface area contributed by atoms with Gasteiger partial charge in [-0.2, -0.15) is 0 Å². The third-order valence-corrected chi connectivity index (χ3v) is 3.98. The zero-order chi connectivity index (χ0) is 21.0. The van der Waals surface area contributed by atoms with E-state index in [0.29, 0.717) is 0 Å². The molecule has 0 aliphatic rings.